The number of hydrogen-bond acceptors (Lipinski definition) is 3. The highest BCUT2D eigenvalue weighted by atomic mass is 35.5. The van der Waals surface area contributed by atoms with Gasteiger partial charge in [-0.15, -0.1) is 0 Å². The zero-order valence-corrected chi connectivity index (χ0v) is 12.1. The van der Waals surface area contributed by atoms with Crippen molar-refractivity contribution in [2.75, 3.05) is 25.0 Å². The van der Waals surface area contributed by atoms with Crippen LogP contribution in [0.3, 0.4) is 0 Å². The molecule has 0 radical (unpaired) electrons. The number of carboxylic acid groups (broad SMARTS) is 1. The third kappa shape index (κ3) is 3.75. The van der Waals surface area contributed by atoms with Gasteiger partial charge in [0.05, 0.1) is 23.2 Å². The lowest BCUT2D eigenvalue weighted by molar-refractivity contribution is -0.154. The molecule has 1 aromatic rings. The number of carbonyl (C=O) groups is 2. The molecule has 1 saturated heterocycles. The monoisotopic (exact) mass is 336 g/mol. The van der Waals surface area contributed by atoms with Crippen LogP contribution in [0.25, 0.3) is 0 Å². The van der Waals surface area contributed by atoms with Crippen molar-refractivity contribution in [1.29, 1.82) is 0 Å². The summed E-state index contributed by atoms with van der Waals surface area (Å²) in [5.74, 6) is -1.91. The molecule has 6 nitrogen and oxygen atoms in total. The molecule has 0 aliphatic carbocycles. The van der Waals surface area contributed by atoms with E-state index in [-0.39, 0.29) is 35.4 Å². The van der Waals surface area contributed by atoms with Crippen LogP contribution in [0.15, 0.2) is 12.1 Å². The minimum atomic E-state index is -1.14. The van der Waals surface area contributed by atoms with Crippen molar-refractivity contribution in [1.82, 2.24) is 4.90 Å². The van der Waals surface area contributed by atoms with Gasteiger partial charge in [0.2, 0.25) is 0 Å². The molecular weight excluding hydrogens is 326 g/mol. The number of benzene rings is 1. The van der Waals surface area contributed by atoms with Gasteiger partial charge < -0.3 is 20.1 Å². The number of aliphatic carboxylic acids is 1. The van der Waals surface area contributed by atoms with Crippen LogP contribution in [0.2, 0.25) is 10.0 Å². The van der Waals surface area contributed by atoms with Crippen molar-refractivity contribution in [2.45, 2.75) is 6.10 Å². The summed E-state index contributed by atoms with van der Waals surface area (Å²) < 4.78 is 18.3. The standard InChI is InChI=1S/C12H11Cl2FN2O4/c13-7-3-6(4-8(14)10(7)15)16-12(20)17-1-2-21-9(5-17)11(18)19/h3-4,9H,1-2,5H2,(H,16,20)(H,18,19). The van der Waals surface area contributed by atoms with E-state index < -0.39 is 23.9 Å². The number of nitrogens with zero attached hydrogens (tertiary/aromatic N) is 1. The van der Waals surface area contributed by atoms with Crippen molar-refractivity contribution < 1.29 is 23.8 Å². The Morgan fingerprint density at radius 3 is 2.57 bits per heavy atom. The highest BCUT2D eigenvalue weighted by molar-refractivity contribution is 6.35. The van der Waals surface area contributed by atoms with Crippen LogP contribution in [-0.4, -0.2) is 47.8 Å². The molecule has 1 unspecified atom stereocenters. The molecule has 2 N–H and O–H groups in total. The number of ether oxygens (including phenoxy) is 1. The summed E-state index contributed by atoms with van der Waals surface area (Å²) in [6.07, 6.45) is -1.06. The molecule has 1 fully saturated rings. The largest absolute Gasteiger partial charge is 0.479 e. The van der Waals surface area contributed by atoms with Crippen LogP contribution >= 0.6 is 23.2 Å². The first-order valence-electron chi connectivity index (χ1n) is 5.93. The number of carbonyl (C=O) groups excluding carboxylic acids is 1. The van der Waals surface area contributed by atoms with Crippen molar-refractivity contribution in [2.24, 2.45) is 0 Å². The second-order valence-corrected chi connectivity index (χ2v) is 5.14. The van der Waals surface area contributed by atoms with Gasteiger partial charge in [-0.2, -0.15) is 0 Å². The van der Waals surface area contributed by atoms with Crippen LogP contribution < -0.4 is 5.32 Å². The van der Waals surface area contributed by atoms with Crippen molar-refractivity contribution in [3.05, 3.63) is 28.0 Å². The first kappa shape index (κ1) is 15.8. The van der Waals surface area contributed by atoms with Crippen molar-refractivity contribution in [3.8, 4) is 0 Å². The SMILES string of the molecule is O=C(O)C1CN(C(=O)Nc2cc(Cl)c(F)c(Cl)c2)CCO1. The molecular formula is C12H11Cl2FN2O4. The summed E-state index contributed by atoms with van der Waals surface area (Å²) in [4.78, 5) is 24.2. The van der Waals surface area contributed by atoms with Gasteiger partial charge in [-0.05, 0) is 12.1 Å². The quantitative estimate of drug-likeness (QED) is 0.813. The van der Waals surface area contributed by atoms with Crippen molar-refractivity contribution in [3.63, 3.8) is 0 Å². The summed E-state index contributed by atoms with van der Waals surface area (Å²) in [6, 6.07) is 1.90. The van der Waals surface area contributed by atoms with E-state index in [4.69, 9.17) is 33.0 Å². The maximum atomic E-state index is 13.3. The number of halogens is 3. The van der Waals surface area contributed by atoms with Crippen LogP contribution in [-0.2, 0) is 9.53 Å². The number of hydrogen-bond donors (Lipinski definition) is 2. The summed E-state index contributed by atoms with van der Waals surface area (Å²) in [7, 11) is 0. The van der Waals surface area contributed by atoms with Crippen LogP contribution in [0, 0.1) is 5.82 Å². The fraction of sp³-hybridized carbons (Fsp3) is 0.333. The number of urea groups is 1. The molecule has 1 aliphatic rings. The predicted octanol–water partition coefficient (Wildman–Crippen LogP) is 2.45. The fourth-order valence-corrected chi connectivity index (χ4v) is 2.30. The van der Waals surface area contributed by atoms with Crippen LogP contribution in [0.1, 0.15) is 0 Å². The number of amides is 2. The fourth-order valence-electron chi connectivity index (χ4n) is 1.81. The Bertz CT molecular complexity index is 561. The molecule has 9 heteroatoms. The minimum Gasteiger partial charge on any atom is -0.479 e. The van der Waals surface area contributed by atoms with Crippen LogP contribution in [0.4, 0.5) is 14.9 Å². The Balaban J connectivity index is 2.06. The van der Waals surface area contributed by atoms with E-state index in [2.05, 4.69) is 5.32 Å². The minimum absolute atomic E-state index is 0.0795. The maximum Gasteiger partial charge on any atom is 0.334 e. The Labute approximate surface area is 129 Å². The first-order chi connectivity index (χ1) is 9.88. The van der Waals surface area contributed by atoms with Gasteiger partial charge in [0, 0.05) is 12.2 Å². The lowest BCUT2D eigenvalue weighted by atomic mass is 10.3. The normalized spacial score (nSPS) is 18.4. The Morgan fingerprint density at radius 1 is 1.38 bits per heavy atom. The number of anilines is 1. The van der Waals surface area contributed by atoms with Gasteiger partial charge in [0.1, 0.15) is 0 Å². The molecule has 1 aromatic carbocycles. The summed E-state index contributed by atoms with van der Waals surface area (Å²) in [5, 5.41) is 10.9. The zero-order chi connectivity index (χ0) is 15.6. The third-order valence-electron chi connectivity index (χ3n) is 2.86. The molecule has 2 rings (SSSR count). The van der Waals surface area contributed by atoms with Crippen molar-refractivity contribution >= 4 is 40.9 Å². The first-order valence-corrected chi connectivity index (χ1v) is 6.69. The Morgan fingerprint density at radius 2 is 2.00 bits per heavy atom. The van der Waals surface area contributed by atoms with E-state index >= 15 is 0 Å². The highest BCUT2D eigenvalue weighted by Gasteiger charge is 2.29. The van der Waals surface area contributed by atoms with Gasteiger partial charge in [-0.25, -0.2) is 14.0 Å². The molecule has 1 atom stereocenters. The molecule has 21 heavy (non-hydrogen) atoms. The van der Waals surface area contributed by atoms with Crippen LogP contribution in [0.5, 0.6) is 0 Å². The maximum absolute atomic E-state index is 13.3. The molecule has 114 valence electrons. The average molecular weight is 337 g/mol. The Hall–Kier alpha value is -1.57. The van der Waals surface area contributed by atoms with E-state index in [9.17, 15) is 14.0 Å². The summed E-state index contributed by atoms with van der Waals surface area (Å²) in [5.41, 5.74) is 0.217. The van der Waals surface area contributed by atoms with Gasteiger partial charge >= 0.3 is 12.0 Å². The smallest absolute Gasteiger partial charge is 0.334 e. The highest BCUT2D eigenvalue weighted by Crippen LogP contribution is 2.27. The second-order valence-electron chi connectivity index (χ2n) is 4.33. The Kier molecular flexibility index (Phi) is 4.87. The second kappa shape index (κ2) is 6.46. The van der Waals surface area contributed by atoms with E-state index in [1.165, 1.54) is 17.0 Å². The molecule has 1 aliphatic heterocycles. The van der Waals surface area contributed by atoms with Gasteiger partial charge in [0.15, 0.2) is 11.9 Å². The summed E-state index contributed by atoms with van der Waals surface area (Å²) >= 11 is 11.3. The van der Waals surface area contributed by atoms with Gasteiger partial charge in [-0.1, -0.05) is 23.2 Å². The predicted molar refractivity (Wildman–Crippen MR) is 74.4 cm³/mol. The molecule has 0 aromatic heterocycles. The van der Waals surface area contributed by atoms with E-state index in [1.807, 2.05) is 0 Å². The lowest BCUT2D eigenvalue weighted by Gasteiger charge is -2.30. The molecule has 1 heterocycles. The van der Waals surface area contributed by atoms with E-state index in [0.29, 0.717) is 0 Å². The van der Waals surface area contributed by atoms with E-state index in [0.717, 1.165) is 0 Å². The zero-order valence-electron chi connectivity index (χ0n) is 10.6. The topological polar surface area (TPSA) is 78.9 Å². The lowest BCUT2D eigenvalue weighted by Crippen LogP contribution is -2.49. The van der Waals surface area contributed by atoms with Gasteiger partial charge in [0.25, 0.3) is 0 Å². The van der Waals surface area contributed by atoms with Gasteiger partial charge in [-0.3, -0.25) is 0 Å². The molecule has 0 saturated carbocycles. The number of carboxylic acids is 1. The van der Waals surface area contributed by atoms with E-state index in [1.54, 1.807) is 0 Å². The molecule has 0 spiro atoms. The number of nitrogens with one attached hydrogen (secondary N) is 1. The molecule has 0 bridgehead atoms. The average Bonchev–Trinajstić information content (AvgIpc) is 2.44. The number of rotatable bonds is 2. The molecule has 2 amide bonds. The number of morpholine rings is 1. The summed E-state index contributed by atoms with van der Waals surface area (Å²) in [6.45, 7) is 0.289. The third-order valence-corrected chi connectivity index (χ3v) is 3.41.